The number of nitrogens with one attached hydrogen (secondary N) is 2. The van der Waals surface area contributed by atoms with Crippen molar-refractivity contribution in [1.82, 2.24) is 20.6 Å². The van der Waals surface area contributed by atoms with Gasteiger partial charge in [-0.15, -0.1) is 5.10 Å². The second-order valence-corrected chi connectivity index (χ2v) is 2.90. The fourth-order valence-corrected chi connectivity index (χ4v) is 1.20. The summed E-state index contributed by atoms with van der Waals surface area (Å²) in [5.74, 6) is 0.543. The molecule has 0 saturated heterocycles. The van der Waals surface area contributed by atoms with E-state index >= 15 is 0 Å². The minimum atomic E-state index is 0.543. The van der Waals surface area contributed by atoms with Crippen molar-refractivity contribution >= 4 is 5.95 Å². The maximum Gasteiger partial charge on any atom is 0.263 e. The van der Waals surface area contributed by atoms with Gasteiger partial charge in [0, 0.05) is 6.54 Å². The Morgan fingerprint density at radius 1 is 1.21 bits per heavy atom. The van der Waals surface area contributed by atoms with E-state index in [0.29, 0.717) is 5.95 Å². The van der Waals surface area contributed by atoms with Crippen LogP contribution in [0.1, 0.15) is 5.56 Å². The highest BCUT2D eigenvalue weighted by Crippen LogP contribution is 1.99. The minimum Gasteiger partial charge on any atom is -0.351 e. The zero-order valence-electron chi connectivity index (χ0n) is 7.64. The molecule has 0 bridgehead atoms. The molecule has 1 aromatic carbocycles. The van der Waals surface area contributed by atoms with Crippen LogP contribution in [-0.4, -0.2) is 27.2 Å². The van der Waals surface area contributed by atoms with Gasteiger partial charge in [-0.25, -0.2) is 0 Å². The first-order valence-corrected chi connectivity index (χ1v) is 4.46. The van der Waals surface area contributed by atoms with E-state index < -0.39 is 0 Å². The summed E-state index contributed by atoms with van der Waals surface area (Å²) in [6.45, 7) is 0.809. The van der Waals surface area contributed by atoms with E-state index in [4.69, 9.17) is 0 Å². The number of benzene rings is 1. The Bertz CT molecular complexity index is 356. The lowest BCUT2D eigenvalue weighted by Crippen LogP contribution is -2.05. The van der Waals surface area contributed by atoms with E-state index in [9.17, 15) is 0 Å². The lowest BCUT2D eigenvalue weighted by molar-refractivity contribution is 0.881. The second kappa shape index (κ2) is 4.36. The minimum absolute atomic E-state index is 0.543. The van der Waals surface area contributed by atoms with Crippen molar-refractivity contribution in [2.45, 2.75) is 6.42 Å². The molecular weight excluding hydrogens is 178 g/mol. The molecule has 14 heavy (non-hydrogen) atoms. The maximum absolute atomic E-state index is 3.79. The number of aromatic nitrogens is 4. The predicted molar refractivity (Wildman–Crippen MR) is 52.8 cm³/mol. The van der Waals surface area contributed by atoms with Crippen LogP contribution in [0, 0.1) is 0 Å². The van der Waals surface area contributed by atoms with Crippen molar-refractivity contribution in [2.24, 2.45) is 0 Å². The summed E-state index contributed by atoms with van der Waals surface area (Å²) in [5, 5.41) is 16.5. The van der Waals surface area contributed by atoms with Crippen molar-refractivity contribution in [3.05, 3.63) is 35.9 Å². The van der Waals surface area contributed by atoms with Gasteiger partial charge in [0.2, 0.25) is 0 Å². The molecule has 5 nitrogen and oxygen atoms in total. The monoisotopic (exact) mass is 189 g/mol. The molecule has 2 rings (SSSR count). The predicted octanol–water partition coefficient (Wildman–Crippen LogP) is 0.854. The molecule has 2 aromatic rings. The van der Waals surface area contributed by atoms with Crippen LogP contribution >= 0.6 is 0 Å². The third-order valence-electron chi connectivity index (χ3n) is 1.88. The van der Waals surface area contributed by atoms with E-state index in [-0.39, 0.29) is 0 Å². The van der Waals surface area contributed by atoms with Gasteiger partial charge in [0.1, 0.15) is 0 Å². The number of hydrogen-bond donors (Lipinski definition) is 2. The topological polar surface area (TPSA) is 66.5 Å². The molecule has 0 unspecified atom stereocenters. The quantitative estimate of drug-likeness (QED) is 0.748. The normalized spacial score (nSPS) is 10.0. The summed E-state index contributed by atoms with van der Waals surface area (Å²) in [7, 11) is 0. The van der Waals surface area contributed by atoms with Crippen LogP contribution in [0.15, 0.2) is 30.3 Å². The van der Waals surface area contributed by atoms with Crippen molar-refractivity contribution in [2.75, 3.05) is 11.9 Å². The number of rotatable bonds is 4. The molecule has 1 aromatic heterocycles. The average molecular weight is 189 g/mol. The summed E-state index contributed by atoms with van der Waals surface area (Å²) < 4.78 is 0. The lowest BCUT2D eigenvalue weighted by Gasteiger charge is -2.00. The summed E-state index contributed by atoms with van der Waals surface area (Å²) in [5.41, 5.74) is 1.29. The number of nitrogens with zero attached hydrogens (tertiary/aromatic N) is 3. The van der Waals surface area contributed by atoms with Gasteiger partial charge >= 0.3 is 0 Å². The van der Waals surface area contributed by atoms with Gasteiger partial charge in [-0.05, 0) is 17.2 Å². The molecule has 5 heteroatoms. The molecule has 0 saturated carbocycles. The molecule has 0 radical (unpaired) electrons. The Morgan fingerprint density at radius 3 is 2.79 bits per heavy atom. The summed E-state index contributed by atoms with van der Waals surface area (Å²) in [4.78, 5) is 0. The Balaban J connectivity index is 1.79. The highest BCUT2D eigenvalue weighted by atomic mass is 15.5. The van der Waals surface area contributed by atoms with Gasteiger partial charge < -0.3 is 5.32 Å². The molecular formula is C9H11N5. The van der Waals surface area contributed by atoms with E-state index in [0.717, 1.165) is 13.0 Å². The van der Waals surface area contributed by atoms with Gasteiger partial charge in [-0.3, -0.25) is 0 Å². The molecule has 0 aliphatic heterocycles. The molecule has 0 aliphatic carbocycles. The lowest BCUT2D eigenvalue weighted by atomic mass is 10.1. The highest BCUT2D eigenvalue weighted by Gasteiger charge is 1.95. The van der Waals surface area contributed by atoms with Crippen LogP contribution in [0.5, 0.6) is 0 Å². The number of anilines is 1. The van der Waals surface area contributed by atoms with Gasteiger partial charge in [0.15, 0.2) is 0 Å². The third-order valence-corrected chi connectivity index (χ3v) is 1.88. The number of H-pyrrole nitrogens is 1. The zero-order valence-corrected chi connectivity index (χ0v) is 7.64. The molecule has 2 N–H and O–H groups in total. The standard InChI is InChI=1S/C9H11N5/c1-2-4-8(5-3-1)6-7-10-9-11-13-14-12-9/h1-5H,6-7H2,(H2,10,11,12,13,14). The van der Waals surface area contributed by atoms with Crippen molar-refractivity contribution in [3.63, 3.8) is 0 Å². The van der Waals surface area contributed by atoms with E-state index in [1.165, 1.54) is 5.56 Å². The second-order valence-electron chi connectivity index (χ2n) is 2.90. The summed E-state index contributed by atoms with van der Waals surface area (Å²) in [6.07, 6.45) is 0.954. The first-order chi connectivity index (χ1) is 6.95. The van der Waals surface area contributed by atoms with Crippen LogP contribution in [0.2, 0.25) is 0 Å². The molecule has 0 spiro atoms. The van der Waals surface area contributed by atoms with E-state index in [2.05, 4.69) is 38.1 Å². The van der Waals surface area contributed by atoms with Crippen molar-refractivity contribution in [3.8, 4) is 0 Å². The smallest absolute Gasteiger partial charge is 0.263 e. The van der Waals surface area contributed by atoms with Crippen molar-refractivity contribution < 1.29 is 0 Å². The molecule has 72 valence electrons. The molecule has 0 atom stereocenters. The van der Waals surface area contributed by atoms with Crippen LogP contribution in [-0.2, 0) is 6.42 Å². The third kappa shape index (κ3) is 2.29. The fraction of sp³-hybridized carbons (Fsp3) is 0.222. The molecule has 0 aliphatic rings. The maximum atomic E-state index is 3.79. The Kier molecular flexibility index (Phi) is 2.70. The van der Waals surface area contributed by atoms with Crippen LogP contribution < -0.4 is 5.32 Å². The van der Waals surface area contributed by atoms with Gasteiger partial charge in [0.05, 0.1) is 0 Å². The first kappa shape index (κ1) is 8.68. The Hall–Kier alpha value is -1.91. The molecule has 0 fully saturated rings. The largest absolute Gasteiger partial charge is 0.351 e. The van der Waals surface area contributed by atoms with E-state index in [1.807, 2.05) is 18.2 Å². The fourth-order valence-electron chi connectivity index (χ4n) is 1.20. The van der Waals surface area contributed by atoms with Gasteiger partial charge in [-0.2, -0.15) is 5.21 Å². The van der Waals surface area contributed by atoms with Gasteiger partial charge in [-0.1, -0.05) is 35.4 Å². The molecule has 1 heterocycles. The first-order valence-electron chi connectivity index (χ1n) is 4.46. The average Bonchev–Trinajstić information content (AvgIpc) is 2.72. The number of tetrazole rings is 1. The molecule has 0 amide bonds. The van der Waals surface area contributed by atoms with Crippen LogP contribution in [0.25, 0.3) is 0 Å². The highest BCUT2D eigenvalue weighted by molar-refractivity contribution is 5.21. The van der Waals surface area contributed by atoms with Crippen LogP contribution in [0.3, 0.4) is 0 Å². The van der Waals surface area contributed by atoms with Crippen LogP contribution in [0.4, 0.5) is 5.95 Å². The number of aromatic amines is 1. The zero-order chi connectivity index (χ0) is 9.64. The van der Waals surface area contributed by atoms with E-state index in [1.54, 1.807) is 0 Å². The Morgan fingerprint density at radius 2 is 2.07 bits per heavy atom. The van der Waals surface area contributed by atoms with Gasteiger partial charge in [0.25, 0.3) is 5.95 Å². The van der Waals surface area contributed by atoms with Crippen molar-refractivity contribution in [1.29, 1.82) is 0 Å². The summed E-state index contributed by atoms with van der Waals surface area (Å²) >= 11 is 0. The summed E-state index contributed by atoms with van der Waals surface area (Å²) in [6, 6.07) is 10.3. The number of hydrogen-bond acceptors (Lipinski definition) is 4. The Labute approximate surface area is 81.5 Å². The SMILES string of the molecule is c1ccc(CCNc2nn[nH]n2)cc1.